The molecular weight excluding hydrogens is 330 g/mol. The summed E-state index contributed by atoms with van der Waals surface area (Å²) in [5.74, 6) is 0.853. The Balaban J connectivity index is 1.84. The fraction of sp³-hybridized carbons (Fsp3) is 0.158. The molecule has 0 unspecified atom stereocenters. The van der Waals surface area contributed by atoms with Crippen LogP contribution in [0.3, 0.4) is 0 Å². The van der Waals surface area contributed by atoms with Gasteiger partial charge < -0.3 is 0 Å². The lowest BCUT2D eigenvalue weighted by atomic mass is 10.2. The van der Waals surface area contributed by atoms with Gasteiger partial charge in [-0.15, -0.1) is 10.2 Å². The van der Waals surface area contributed by atoms with E-state index in [1.165, 1.54) is 22.9 Å². The maximum absolute atomic E-state index is 4.48. The van der Waals surface area contributed by atoms with Crippen molar-refractivity contribution in [3.05, 3.63) is 65.7 Å². The van der Waals surface area contributed by atoms with E-state index >= 15 is 0 Å². The minimum Gasteiger partial charge on any atom is -0.274 e. The van der Waals surface area contributed by atoms with Gasteiger partial charge in [-0.05, 0) is 56.3 Å². The van der Waals surface area contributed by atoms with E-state index in [0.717, 1.165) is 32.6 Å². The molecule has 4 rings (SSSR count). The molecule has 0 spiro atoms. The Morgan fingerprint density at radius 3 is 2.60 bits per heavy atom. The number of fused-ring (bicyclic) bond motifs is 1. The second kappa shape index (κ2) is 6.29. The topological polar surface area (TPSA) is 56.5 Å². The van der Waals surface area contributed by atoms with E-state index in [2.05, 4.69) is 62.8 Å². The molecule has 2 aromatic carbocycles. The predicted molar refractivity (Wildman–Crippen MR) is 99.2 cm³/mol. The maximum atomic E-state index is 4.48. The molecule has 0 atom stereocenters. The van der Waals surface area contributed by atoms with Crippen LogP contribution >= 0.6 is 11.8 Å². The lowest BCUT2D eigenvalue weighted by Crippen LogP contribution is -2.01. The van der Waals surface area contributed by atoms with Gasteiger partial charge in [0.2, 0.25) is 5.16 Å². The van der Waals surface area contributed by atoms with Crippen LogP contribution in [0, 0.1) is 20.8 Å². The second-order valence-electron chi connectivity index (χ2n) is 5.95. The lowest BCUT2D eigenvalue weighted by Gasteiger charge is -2.11. The van der Waals surface area contributed by atoms with Crippen molar-refractivity contribution in [3.63, 3.8) is 0 Å². The van der Waals surface area contributed by atoms with Crippen LogP contribution in [0.15, 0.2) is 59.0 Å². The molecule has 0 saturated carbocycles. The highest BCUT2D eigenvalue weighted by Gasteiger charge is 2.16. The first kappa shape index (κ1) is 15.8. The standard InChI is InChI=1S/C19H17N5S/c1-12-8-9-16-15(10-12)18(21-11-20-16)25-19-23-22-14(3)24(19)17-7-5-4-6-13(17)2/h4-11H,1-3H3. The summed E-state index contributed by atoms with van der Waals surface area (Å²) in [4.78, 5) is 8.84. The van der Waals surface area contributed by atoms with E-state index in [-0.39, 0.29) is 0 Å². The van der Waals surface area contributed by atoms with Crippen LogP contribution in [0.1, 0.15) is 17.0 Å². The molecule has 25 heavy (non-hydrogen) atoms. The van der Waals surface area contributed by atoms with Gasteiger partial charge in [-0.1, -0.05) is 29.8 Å². The predicted octanol–water partition coefficient (Wildman–Crippen LogP) is 4.29. The van der Waals surface area contributed by atoms with E-state index in [0.29, 0.717) is 0 Å². The van der Waals surface area contributed by atoms with Gasteiger partial charge in [-0.2, -0.15) is 0 Å². The van der Waals surface area contributed by atoms with Gasteiger partial charge in [-0.25, -0.2) is 9.97 Å². The van der Waals surface area contributed by atoms with Gasteiger partial charge in [0, 0.05) is 5.39 Å². The highest BCUT2D eigenvalue weighted by atomic mass is 32.2. The molecule has 0 fully saturated rings. The van der Waals surface area contributed by atoms with Crippen LogP contribution in [0.2, 0.25) is 0 Å². The fourth-order valence-electron chi connectivity index (χ4n) is 2.82. The third-order valence-corrected chi connectivity index (χ3v) is 5.06. The summed E-state index contributed by atoms with van der Waals surface area (Å²) in [6, 6.07) is 14.4. The van der Waals surface area contributed by atoms with Crippen molar-refractivity contribution in [2.45, 2.75) is 31.0 Å². The molecule has 2 heterocycles. The van der Waals surface area contributed by atoms with Gasteiger partial charge in [0.05, 0.1) is 11.2 Å². The quantitative estimate of drug-likeness (QED) is 0.518. The first-order valence-corrected chi connectivity index (χ1v) is 8.82. The summed E-state index contributed by atoms with van der Waals surface area (Å²) < 4.78 is 2.07. The first-order chi connectivity index (χ1) is 12.1. The number of aryl methyl sites for hydroxylation is 3. The normalized spacial score (nSPS) is 11.2. The van der Waals surface area contributed by atoms with E-state index in [1.807, 2.05) is 25.1 Å². The van der Waals surface area contributed by atoms with Crippen molar-refractivity contribution in [3.8, 4) is 5.69 Å². The van der Waals surface area contributed by atoms with Crippen LogP contribution in [-0.2, 0) is 0 Å². The molecule has 6 heteroatoms. The van der Waals surface area contributed by atoms with Crippen molar-refractivity contribution >= 4 is 22.7 Å². The SMILES string of the molecule is Cc1ccc2ncnc(Sc3nnc(C)n3-c3ccccc3C)c2c1. The van der Waals surface area contributed by atoms with Gasteiger partial charge >= 0.3 is 0 Å². The molecule has 0 radical (unpaired) electrons. The molecule has 0 bridgehead atoms. The highest BCUT2D eigenvalue weighted by molar-refractivity contribution is 7.99. The van der Waals surface area contributed by atoms with Crippen molar-refractivity contribution in [2.75, 3.05) is 0 Å². The molecule has 0 saturated heterocycles. The molecule has 0 aliphatic heterocycles. The summed E-state index contributed by atoms with van der Waals surface area (Å²) in [5, 5.41) is 11.4. The largest absolute Gasteiger partial charge is 0.274 e. The summed E-state index contributed by atoms with van der Waals surface area (Å²) in [7, 11) is 0. The maximum Gasteiger partial charge on any atom is 0.202 e. The molecule has 5 nitrogen and oxygen atoms in total. The van der Waals surface area contributed by atoms with E-state index in [1.54, 1.807) is 6.33 Å². The third kappa shape index (κ3) is 2.89. The molecule has 0 N–H and O–H groups in total. The smallest absolute Gasteiger partial charge is 0.202 e. The summed E-state index contributed by atoms with van der Waals surface area (Å²) in [6.45, 7) is 6.12. The minimum atomic E-state index is 0.799. The lowest BCUT2D eigenvalue weighted by molar-refractivity contribution is 0.860. The monoisotopic (exact) mass is 347 g/mol. The minimum absolute atomic E-state index is 0.799. The van der Waals surface area contributed by atoms with E-state index in [9.17, 15) is 0 Å². The van der Waals surface area contributed by atoms with Crippen LogP contribution in [0.25, 0.3) is 16.6 Å². The summed E-state index contributed by atoms with van der Waals surface area (Å²) >= 11 is 1.52. The number of hydrogen-bond acceptors (Lipinski definition) is 5. The molecule has 2 aromatic heterocycles. The van der Waals surface area contributed by atoms with E-state index < -0.39 is 0 Å². The van der Waals surface area contributed by atoms with Gasteiger partial charge in [-0.3, -0.25) is 4.57 Å². The summed E-state index contributed by atoms with van der Waals surface area (Å²) in [6.07, 6.45) is 1.60. The Bertz CT molecular complexity index is 1070. The first-order valence-electron chi connectivity index (χ1n) is 8.01. The Kier molecular flexibility index (Phi) is 3.97. The summed E-state index contributed by atoms with van der Waals surface area (Å²) in [5.41, 5.74) is 4.38. The zero-order valence-corrected chi connectivity index (χ0v) is 15.1. The molecule has 4 aromatic rings. The molecule has 0 aliphatic carbocycles. The molecule has 124 valence electrons. The Hall–Kier alpha value is -2.73. The van der Waals surface area contributed by atoms with Gasteiger partial charge in [0.25, 0.3) is 0 Å². The fourth-order valence-corrected chi connectivity index (χ4v) is 3.76. The van der Waals surface area contributed by atoms with Crippen LogP contribution in [-0.4, -0.2) is 24.7 Å². The van der Waals surface area contributed by atoms with Crippen molar-refractivity contribution < 1.29 is 0 Å². The Morgan fingerprint density at radius 1 is 0.920 bits per heavy atom. The van der Waals surface area contributed by atoms with Crippen molar-refractivity contribution in [2.24, 2.45) is 0 Å². The Morgan fingerprint density at radius 2 is 1.76 bits per heavy atom. The van der Waals surface area contributed by atoms with Gasteiger partial charge in [0.1, 0.15) is 17.2 Å². The number of benzene rings is 2. The average molecular weight is 347 g/mol. The van der Waals surface area contributed by atoms with Crippen molar-refractivity contribution in [1.82, 2.24) is 24.7 Å². The number of aromatic nitrogens is 5. The van der Waals surface area contributed by atoms with E-state index in [4.69, 9.17) is 0 Å². The Labute approximate surface area is 150 Å². The zero-order valence-electron chi connectivity index (χ0n) is 14.3. The second-order valence-corrected chi connectivity index (χ2v) is 6.91. The van der Waals surface area contributed by atoms with Gasteiger partial charge in [0.15, 0.2) is 0 Å². The highest BCUT2D eigenvalue weighted by Crippen LogP contribution is 2.32. The number of para-hydroxylation sites is 1. The molecule has 0 aliphatic rings. The average Bonchev–Trinajstić information content (AvgIpc) is 2.96. The third-order valence-electron chi connectivity index (χ3n) is 4.09. The number of rotatable bonds is 3. The van der Waals surface area contributed by atoms with Crippen molar-refractivity contribution in [1.29, 1.82) is 0 Å². The molecular formula is C19H17N5S. The molecule has 0 amide bonds. The van der Waals surface area contributed by atoms with Crippen LogP contribution < -0.4 is 0 Å². The number of hydrogen-bond donors (Lipinski definition) is 0. The number of nitrogens with zero attached hydrogens (tertiary/aromatic N) is 5. The van der Waals surface area contributed by atoms with Crippen LogP contribution in [0.5, 0.6) is 0 Å². The zero-order chi connectivity index (χ0) is 17.4. The van der Waals surface area contributed by atoms with Crippen LogP contribution in [0.4, 0.5) is 0 Å².